The number of esters is 2. The van der Waals surface area contributed by atoms with Crippen molar-refractivity contribution in [3.8, 4) is 0 Å². The van der Waals surface area contributed by atoms with Crippen LogP contribution in [0.1, 0.15) is 20.3 Å². The van der Waals surface area contributed by atoms with E-state index in [0.29, 0.717) is 19.6 Å². The predicted molar refractivity (Wildman–Crippen MR) is 63.1 cm³/mol. The molecule has 0 aromatic heterocycles. The normalized spacial score (nSPS) is 22.9. The maximum Gasteiger partial charge on any atom is 0.313 e. The summed E-state index contributed by atoms with van der Waals surface area (Å²) in [7, 11) is 0. The quantitative estimate of drug-likeness (QED) is 0.554. The highest BCUT2D eigenvalue weighted by Gasteiger charge is 2.32. The fourth-order valence-corrected chi connectivity index (χ4v) is 1.70. The molecular weight excluding hydrogens is 220 g/mol. The zero-order valence-electron chi connectivity index (χ0n) is 10.2. The lowest BCUT2D eigenvalue weighted by Crippen LogP contribution is -2.30. The summed E-state index contributed by atoms with van der Waals surface area (Å²) in [6.45, 7) is 4.10. The van der Waals surface area contributed by atoms with Gasteiger partial charge in [-0.3, -0.25) is 9.59 Å². The van der Waals surface area contributed by atoms with Crippen molar-refractivity contribution in [3.63, 3.8) is 0 Å². The lowest BCUT2D eigenvalue weighted by Gasteiger charge is -2.18. The molecule has 1 rings (SSSR count). The Morgan fingerprint density at radius 1 is 1.00 bits per heavy atom. The fraction of sp³-hybridized carbons (Fsp3) is 0.538. The van der Waals surface area contributed by atoms with Crippen molar-refractivity contribution in [2.45, 2.75) is 20.3 Å². The minimum absolute atomic E-state index is 0.308. The molecule has 0 spiro atoms. The zero-order chi connectivity index (χ0) is 12.7. The Morgan fingerprint density at radius 3 is 1.76 bits per heavy atom. The standard InChI is InChI=1S/C13H18O4/c1-3-16-12(14)10-8-6-5-7-9-11(10)13(15)17-4-2/h6-11H,3-5H2,1-2H3/t10-,11-/m0/s1. The molecule has 0 amide bonds. The summed E-state index contributed by atoms with van der Waals surface area (Å²) in [5, 5.41) is 0. The Labute approximate surface area is 101 Å². The monoisotopic (exact) mass is 238 g/mol. The fourth-order valence-electron chi connectivity index (χ4n) is 1.70. The SMILES string of the molecule is CCOC(=O)[C@H]1C=CCC=C[C@@H]1C(=O)OCC. The molecule has 0 heterocycles. The molecule has 1 aliphatic rings. The van der Waals surface area contributed by atoms with Gasteiger partial charge in [0.1, 0.15) is 0 Å². The van der Waals surface area contributed by atoms with E-state index in [1.165, 1.54) is 0 Å². The van der Waals surface area contributed by atoms with Crippen molar-refractivity contribution in [1.29, 1.82) is 0 Å². The first-order chi connectivity index (χ1) is 8.20. The molecule has 0 bridgehead atoms. The Balaban J connectivity index is 2.84. The van der Waals surface area contributed by atoms with Gasteiger partial charge in [0, 0.05) is 0 Å². The van der Waals surface area contributed by atoms with E-state index in [0.717, 1.165) is 0 Å². The summed E-state index contributed by atoms with van der Waals surface area (Å²) in [5.41, 5.74) is 0. The number of allylic oxidation sites excluding steroid dienone is 2. The molecule has 0 aliphatic heterocycles. The third-order valence-electron chi connectivity index (χ3n) is 2.46. The van der Waals surface area contributed by atoms with Crippen LogP contribution in [-0.2, 0) is 19.1 Å². The highest BCUT2D eigenvalue weighted by atomic mass is 16.5. The van der Waals surface area contributed by atoms with Crippen molar-refractivity contribution in [1.82, 2.24) is 0 Å². The van der Waals surface area contributed by atoms with Crippen LogP contribution in [0.3, 0.4) is 0 Å². The first-order valence-corrected chi connectivity index (χ1v) is 5.87. The second kappa shape index (κ2) is 6.89. The highest BCUT2D eigenvalue weighted by Crippen LogP contribution is 2.22. The van der Waals surface area contributed by atoms with Crippen LogP contribution in [-0.4, -0.2) is 25.2 Å². The molecule has 94 valence electrons. The van der Waals surface area contributed by atoms with Crippen molar-refractivity contribution >= 4 is 11.9 Å². The molecule has 0 aromatic carbocycles. The molecule has 1 aliphatic carbocycles. The molecule has 0 unspecified atom stereocenters. The van der Waals surface area contributed by atoms with Gasteiger partial charge in [-0.2, -0.15) is 0 Å². The van der Waals surface area contributed by atoms with E-state index in [-0.39, 0.29) is 11.9 Å². The van der Waals surface area contributed by atoms with E-state index in [1.54, 1.807) is 26.0 Å². The smallest absolute Gasteiger partial charge is 0.313 e. The number of ether oxygens (including phenoxy) is 2. The molecule has 17 heavy (non-hydrogen) atoms. The van der Waals surface area contributed by atoms with Crippen molar-refractivity contribution in [2.24, 2.45) is 11.8 Å². The van der Waals surface area contributed by atoms with E-state index >= 15 is 0 Å². The number of hydrogen-bond donors (Lipinski definition) is 0. The van der Waals surface area contributed by atoms with Gasteiger partial charge in [-0.05, 0) is 20.3 Å². The van der Waals surface area contributed by atoms with Gasteiger partial charge in [0.15, 0.2) is 0 Å². The second-order valence-electron chi connectivity index (χ2n) is 3.65. The maximum absolute atomic E-state index is 11.8. The largest absolute Gasteiger partial charge is 0.466 e. The maximum atomic E-state index is 11.8. The summed E-state index contributed by atoms with van der Waals surface area (Å²) in [5.74, 6) is -1.91. The van der Waals surface area contributed by atoms with Gasteiger partial charge in [-0.25, -0.2) is 0 Å². The summed E-state index contributed by atoms with van der Waals surface area (Å²) in [6.07, 6.45) is 7.87. The number of hydrogen-bond acceptors (Lipinski definition) is 4. The average Bonchev–Trinajstić information content (AvgIpc) is 2.54. The lowest BCUT2D eigenvalue weighted by molar-refractivity contribution is -0.156. The Morgan fingerprint density at radius 2 is 1.41 bits per heavy atom. The number of carbonyl (C=O) groups excluding carboxylic acids is 2. The molecular formula is C13H18O4. The van der Waals surface area contributed by atoms with Crippen LogP contribution in [0.2, 0.25) is 0 Å². The van der Waals surface area contributed by atoms with Gasteiger partial charge in [-0.1, -0.05) is 24.3 Å². The Hall–Kier alpha value is -1.58. The minimum atomic E-state index is -0.576. The van der Waals surface area contributed by atoms with E-state index in [2.05, 4.69) is 0 Å². The molecule has 0 aromatic rings. The van der Waals surface area contributed by atoms with Crippen LogP contribution in [0.25, 0.3) is 0 Å². The molecule has 0 saturated carbocycles. The lowest BCUT2D eigenvalue weighted by atomic mass is 9.92. The first-order valence-electron chi connectivity index (χ1n) is 5.87. The van der Waals surface area contributed by atoms with E-state index in [1.807, 2.05) is 12.2 Å². The van der Waals surface area contributed by atoms with Crippen molar-refractivity contribution in [3.05, 3.63) is 24.3 Å². The third kappa shape index (κ3) is 3.73. The summed E-state index contributed by atoms with van der Waals surface area (Å²) in [4.78, 5) is 23.5. The van der Waals surface area contributed by atoms with Gasteiger partial charge >= 0.3 is 11.9 Å². The van der Waals surface area contributed by atoms with E-state index in [4.69, 9.17) is 9.47 Å². The van der Waals surface area contributed by atoms with Crippen molar-refractivity contribution in [2.75, 3.05) is 13.2 Å². The summed E-state index contributed by atoms with van der Waals surface area (Å²) in [6, 6.07) is 0. The second-order valence-corrected chi connectivity index (χ2v) is 3.65. The third-order valence-corrected chi connectivity index (χ3v) is 2.46. The first kappa shape index (κ1) is 13.5. The molecule has 0 saturated heterocycles. The molecule has 4 heteroatoms. The zero-order valence-corrected chi connectivity index (χ0v) is 10.2. The summed E-state index contributed by atoms with van der Waals surface area (Å²) < 4.78 is 9.93. The molecule has 4 nitrogen and oxygen atoms in total. The van der Waals surface area contributed by atoms with Gasteiger partial charge in [0.05, 0.1) is 25.0 Å². The Bertz CT molecular complexity index is 298. The van der Waals surface area contributed by atoms with Gasteiger partial charge in [-0.15, -0.1) is 0 Å². The highest BCUT2D eigenvalue weighted by molar-refractivity contribution is 5.85. The van der Waals surface area contributed by atoms with Crippen LogP contribution < -0.4 is 0 Å². The van der Waals surface area contributed by atoms with Crippen LogP contribution in [0.15, 0.2) is 24.3 Å². The van der Waals surface area contributed by atoms with E-state index in [9.17, 15) is 9.59 Å². The van der Waals surface area contributed by atoms with Gasteiger partial charge in [0.25, 0.3) is 0 Å². The number of rotatable bonds is 4. The van der Waals surface area contributed by atoms with Crippen LogP contribution >= 0.6 is 0 Å². The van der Waals surface area contributed by atoms with Gasteiger partial charge in [0.2, 0.25) is 0 Å². The van der Waals surface area contributed by atoms with Crippen molar-refractivity contribution < 1.29 is 19.1 Å². The predicted octanol–water partition coefficient (Wildman–Crippen LogP) is 1.86. The van der Waals surface area contributed by atoms with Gasteiger partial charge < -0.3 is 9.47 Å². The average molecular weight is 238 g/mol. The molecule has 2 atom stereocenters. The van der Waals surface area contributed by atoms with Crippen LogP contribution in [0.4, 0.5) is 0 Å². The van der Waals surface area contributed by atoms with Crippen LogP contribution in [0, 0.1) is 11.8 Å². The number of carbonyl (C=O) groups is 2. The molecule has 0 N–H and O–H groups in total. The minimum Gasteiger partial charge on any atom is -0.466 e. The molecule has 0 radical (unpaired) electrons. The molecule has 0 fully saturated rings. The van der Waals surface area contributed by atoms with Crippen LogP contribution in [0.5, 0.6) is 0 Å². The topological polar surface area (TPSA) is 52.6 Å². The Kier molecular flexibility index (Phi) is 5.46. The van der Waals surface area contributed by atoms with E-state index < -0.39 is 11.8 Å². The summed E-state index contributed by atoms with van der Waals surface area (Å²) >= 11 is 0.